The van der Waals surface area contributed by atoms with Crippen LogP contribution in [0.4, 0.5) is 0 Å². The Morgan fingerprint density at radius 2 is 0.726 bits per heavy atom. The number of nitrogens with one attached hydrogen (secondary N) is 1. The topological polar surface area (TPSA) is 111 Å². The molecule has 0 aromatic rings. The maximum absolute atomic E-state index is 13.6. The van der Waals surface area contributed by atoms with Gasteiger partial charge in [0.25, 0.3) is 0 Å². The number of likely N-dealkylation sites (N-methyl/N-ethyl adjacent to an activating group) is 1. The lowest BCUT2D eigenvalue weighted by Gasteiger charge is -2.27. The average Bonchev–Trinajstić information content (AvgIpc) is 3.64. The van der Waals surface area contributed by atoms with Gasteiger partial charge in [0.05, 0.1) is 33.8 Å². The van der Waals surface area contributed by atoms with Gasteiger partial charge in [0, 0.05) is 12.8 Å². The third kappa shape index (κ3) is 63.9. The molecular weight excluding hydrogens is 1060 g/mol. The first-order valence-electron chi connectivity index (χ1n) is 35.8. The molecule has 1 amide bonds. The zero-order chi connectivity index (χ0) is 61.4. The second kappa shape index (κ2) is 63.5. The van der Waals surface area contributed by atoms with Crippen molar-refractivity contribution >= 4 is 19.7 Å². The van der Waals surface area contributed by atoms with Crippen LogP contribution in [-0.4, -0.2) is 74.3 Å². The number of esters is 1. The van der Waals surface area contributed by atoms with E-state index in [4.69, 9.17) is 13.8 Å². The van der Waals surface area contributed by atoms with Gasteiger partial charge in [-0.15, -0.1) is 0 Å². The maximum Gasteiger partial charge on any atom is 0.472 e. The minimum atomic E-state index is -4.46. The molecule has 0 spiro atoms. The molecule has 84 heavy (non-hydrogen) atoms. The minimum Gasteiger partial charge on any atom is -0.456 e. The van der Waals surface area contributed by atoms with E-state index in [0.29, 0.717) is 17.4 Å². The summed E-state index contributed by atoms with van der Waals surface area (Å²) in [4.78, 5) is 37.9. The van der Waals surface area contributed by atoms with Crippen molar-refractivity contribution < 1.29 is 37.3 Å². The van der Waals surface area contributed by atoms with Crippen LogP contribution >= 0.6 is 7.82 Å². The highest BCUT2D eigenvalue weighted by atomic mass is 31.2. The molecule has 0 heterocycles. The van der Waals surface area contributed by atoms with Crippen molar-refractivity contribution in [2.45, 2.75) is 348 Å². The first kappa shape index (κ1) is 81.5. The second-order valence-corrected chi connectivity index (χ2v) is 26.9. The number of phosphoric ester groups is 1. The van der Waals surface area contributed by atoms with Crippen molar-refractivity contribution in [1.29, 1.82) is 0 Å². The van der Waals surface area contributed by atoms with E-state index in [2.05, 4.69) is 86.8 Å². The highest BCUT2D eigenvalue weighted by molar-refractivity contribution is 7.47. The number of unbranched alkanes of at least 4 members (excludes halogenated alkanes) is 39. The molecule has 10 heteroatoms. The summed E-state index contributed by atoms with van der Waals surface area (Å²) >= 11 is 0. The summed E-state index contributed by atoms with van der Waals surface area (Å²) in [5.74, 6) is -0.501. The summed E-state index contributed by atoms with van der Waals surface area (Å²) in [7, 11) is 1.50. The molecule has 9 nitrogen and oxygen atoms in total. The summed E-state index contributed by atoms with van der Waals surface area (Å²) in [6, 6.07) is -0.853. The van der Waals surface area contributed by atoms with Crippen LogP contribution in [0.15, 0.2) is 72.9 Å². The molecule has 0 aromatic heterocycles. The van der Waals surface area contributed by atoms with E-state index in [1.165, 1.54) is 225 Å². The van der Waals surface area contributed by atoms with E-state index < -0.39 is 20.0 Å². The molecule has 3 atom stereocenters. The van der Waals surface area contributed by atoms with Crippen molar-refractivity contribution in [3.8, 4) is 0 Å². The molecule has 0 aliphatic rings. The van der Waals surface area contributed by atoms with Crippen LogP contribution in [-0.2, 0) is 27.9 Å². The van der Waals surface area contributed by atoms with Crippen LogP contribution in [0.3, 0.4) is 0 Å². The lowest BCUT2D eigenvalue weighted by molar-refractivity contribution is -0.870. The van der Waals surface area contributed by atoms with Crippen molar-refractivity contribution in [2.75, 3.05) is 40.9 Å². The van der Waals surface area contributed by atoms with E-state index >= 15 is 0 Å². The van der Waals surface area contributed by atoms with Gasteiger partial charge in [0.2, 0.25) is 5.91 Å². The quantitative estimate of drug-likeness (QED) is 0.0205. The molecule has 0 rings (SSSR count). The highest BCUT2D eigenvalue weighted by Gasteiger charge is 2.30. The number of carbonyl (C=O) groups excluding carboxylic acids is 2. The highest BCUT2D eigenvalue weighted by Crippen LogP contribution is 2.43. The number of quaternary nitrogens is 1. The monoisotopic (exact) mass is 1200 g/mol. The SMILES string of the molecule is CCCCC/C=C\C/C=C\C/C=C\CCCCCCCCCCCCCCCCC(=O)NC(COP(=O)(O)OCC[N+](C)(C)C)C(/C=C\CCCCCCCCCCCC)OC(=O)CCCCCCCCCCC/C=C\C/C=C\CCCCC. The molecule has 3 unspecified atom stereocenters. The Bertz CT molecular complexity index is 1670. The smallest absolute Gasteiger partial charge is 0.456 e. The summed E-state index contributed by atoms with van der Waals surface area (Å²) < 4.78 is 30.8. The van der Waals surface area contributed by atoms with Crippen molar-refractivity contribution in [3.05, 3.63) is 72.9 Å². The Kier molecular flexibility index (Phi) is 61.5. The largest absolute Gasteiger partial charge is 0.472 e. The van der Waals surface area contributed by atoms with Crippen LogP contribution < -0.4 is 5.32 Å². The van der Waals surface area contributed by atoms with Crippen LogP contribution in [0.2, 0.25) is 0 Å². The zero-order valence-corrected chi connectivity index (χ0v) is 57.0. The van der Waals surface area contributed by atoms with Gasteiger partial charge in [-0.25, -0.2) is 4.57 Å². The van der Waals surface area contributed by atoms with Gasteiger partial charge in [-0.1, -0.05) is 293 Å². The van der Waals surface area contributed by atoms with E-state index in [1.807, 2.05) is 33.3 Å². The van der Waals surface area contributed by atoms with E-state index in [1.54, 1.807) is 0 Å². The van der Waals surface area contributed by atoms with Crippen molar-refractivity contribution in [1.82, 2.24) is 5.32 Å². The van der Waals surface area contributed by atoms with Crippen molar-refractivity contribution in [2.24, 2.45) is 0 Å². The Labute approximate surface area is 521 Å². The van der Waals surface area contributed by atoms with Gasteiger partial charge in [-0.3, -0.25) is 18.6 Å². The third-order valence-corrected chi connectivity index (χ3v) is 16.9. The summed E-state index contributed by atoms with van der Waals surface area (Å²) in [6.07, 6.45) is 83.4. The van der Waals surface area contributed by atoms with Gasteiger partial charge in [-0.2, -0.15) is 0 Å². The van der Waals surface area contributed by atoms with Gasteiger partial charge >= 0.3 is 13.8 Å². The fraction of sp³-hybridized carbons (Fsp3) is 0.811. The normalized spacial score (nSPS) is 13.9. The average molecular weight is 1200 g/mol. The number of phosphoric acid groups is 1. The molecule has 0 saturated heterocycles. The van der Waals surface area contributed by atoms with Crippen LogP contribution in [0.25, 0.3) is 0 Å². The Morgan fingerprint density at radius 3 is 1.11 bits per heavy atom. The number of hydrogen-bond acceptors (Lipinski definition) is 6. The zero-order valence-electron chi connectivity index (χ0n) is 56.1. The Morgan fingerprint density at radius 1 is 0.417 bits per heavy atom. The molecule has 0 aliphatic heterocycles. The summed E-state index contributed by atoms with van der Waals surface area (Å²) in [5.41, 5.74) is 0. The van der Waals surface area contributed by atoms with E-state index in [0.717, 1.165) is 77.0 Å². The molecule has 0 saturated carbocycles. The number of allylic oxidation sites excluding steroid dienone is 11. The number of amides is 1. The van der Waals surface area contributed by atoms with E-state index in [9.17, 15) is 19.0 Å². The Hall–Kier alpha value is -2.55. The summed E-state index contributed by atoms with van der Waals surface area (Å²) in [6.45, 7) is 6.99. The molecule has 2 N–H and O–H groups in total. The van der Waals surface area contributed by atoms with Gasteiger partial charge in [0.15, 0.2) is 0 Å². The fourth-order valence-corrected chi connectivity index (χ4v) is 11.1. The van der Waals surface area contributed by atoms with Gasteiger partial charge in [0.1, 0.15) is 19.3 Å². The van der Waals surface area contributed by atoms with Crippen LogP contribution in [0, 0.1) is 0 Å². The number of hydrogen-bond donors (Lipinski definition) is 2. The molecular formula is C74H138N2O7P+. The fourth-order valence-electron chi connectivity index (χ4n) is 10.3. The molecule has 0 aromatic carbocycles. The molecule has 490 valence electrons. The maximum atomic E-state index is 13.6. The van der Waals surface area contributed by atoms with Crippen LogP contribution in [0.5, 0.6) is 0 Å². The standard InChI is InChI=1S/C74H137N2O7P/c1-7-10-13-16-19-22-25-28-30-32-34-35-36-37-38-39-40-41-43-44-46-48-51-54-57-60-63-66-73(77)75-71(70-82-84(79,80)81-69-68-76(4,5)6)72(65-62-59-56-53-50-27-24-21-18-15-12-9-3)83-74(78)67-64-61-58-55-52-49-47-45-42-33-31-29-26-23-20-17-14-11-8-2/h19-20,22-23,28-31,34-35,62,65,71-72H,7-18,21,24-27,32-33,36-61,63-64,66-70H2,1-6H3,(H-,75,77,79,80)/p+1/b22-19-,23-20-,30-28-,31-29-,35-34-,65-62-. The summed E-state index contributed by atoms with van der Waals surface area (Å²) in [5, 5.41) is 3.07. The minimum absolute atomic E-state index is 0.0386. The van der Waals surface area contributed by atoms with Gasteiger partial charge < -0.3 is 19.4 Å². The lowest BCUT2D eigenvalue weighted by atomic mass is 10.0. The first-order valence-corrected chi connectivity index (χ1v) is 37.3. The van der Waals surface area contributed by atoms with E-state index in [-0.39, 0.29) is 31.5 Å². The van der Waals surface area contributed by atoms with Gasteiger partial charge in [-0.05, 0) is 102 Å². The molecule has 0 fully saturated rings. The second-order valence-electron chi connectivity index (χ2n) is 25.4. The lowest BCUT2D eigenvalue weighted by Crippen LogP contribution is -2.47. The number of rotatable bonds is 65. The first-order chi connectivity index (χ1) is 40.9. The number of carbonyl (C=O) groups is 2. The number of nitrogens with zero attached hydrogens (tertiary/aromatic N) is 1. The van der Waals surface area contributed by atoms with Crippen molar-refractivity contribution in [3.63, 3.8) is 0 Å². The number of ether oxygens (including phenoxy) is 1. The molecule has 0 radical (unpaired) electrons. The predicted octanol–water partition coefficient (Wildman–Crippen LogP) is 22.7. The van der Waals surface area contributed by atoms with Crippen LogP contribution in [0.1, 0.15) is 335 Å². The Balaban J connectivity index is 5.03. The molecule has 0 aliphatic carbocycles. The molecule has 0 bridgehead atoms. The predicted molar refractivity (Wildman–Crippen MR) is 365 cm³/mol. The third-order valence-electron chi connectivity index (χ3n) is 15.9.